The van der Waals surface area contributed by atoms with Crippen LogP contribution in [0.25, 0.3) is 0 Å². The van der Waals surface area contributed by atoms with E-state index in [1.807, 2.05) is 0 Å². The molecule has 1 heterocycles. The van der Waals surface area contributed by atoms with Crippen LogP contribution < -0.4 is 0 Å². The number of carbonyl (C=O) groups excluding carboxylic acids is 1. The molecular formula is C11H9N3O3. The van der Waals surface area contributed by atoms with Crippen molar-refractivity contribution < 1.29 is 9.72 Å². The van der Waals surface area contributed by atoms with Crippen LogP contribution in [0.4, 0.5) is 5.69 Å². The van der Waals surface area contributed by atoms with Gasteiger partial charge in [0.2, 0.25) is 0 Å². The minimum atomic E-state index is -0.500. The van der Waals surface area contributed by atoms with Crippen LogP contribution in [0, 0.1) is 17.0 Å². The van der Waals surface area contributed by atoms with Crippen LogP contribution in [0.1, 0.15) is 15.9 Å². The van der Waals surface area contributed by atoms with Gasteiger partial charge in [-0.3, -0.25) is 19.5 Å². The monoisotopic (exact) mass is 231 g/mol. The van der Waals surface area contributed by atoms with Gasteiger partial charge in [0.1, 0.15) is 6.33 Å². The highest BCUT2D eigenvalue weighted by Crippen LogP contribution is 2.19. The van der Waals surface area contributed by atoms with E-state index in [0.717, 1.165) is 0 Å². The quantitative estimate of drug-likeness (QED) is 0.583. The number of benzene rings is 1. The van der Waals surface area contributed by atoms with E-state index in [0.29, 0.717) is 5.56 Å². The summed E-state index contributed by atoms with van der Waals surface area (Å²) < 4.78 is 1.27. The third-order valence-electron chi connectivity index (χ3n) is 2.39. The highest BCUT2D eigenvalue weighted by molar-refractivity contribution is 5.96. The molecule has 0 radical (unpaired) electrons. The Bertz CT molecular complexity index is 576. The van der Waals surface area contributed by atoms with Crippen molar-refractivity contribution in [1.82, 2.24) is 9.55 Å². The first kappa shape index (κ1) is 11.0. The van der Waals surface area contributed by atoms with Crippen LogP contribution in [-0.4, -0.2) is 20.4 Å². The second-order valence-electron chi connectivity index (χ2n) is 3.53. The fourth-order valence-electron chi connectivity index (χ4n) is 1.47. The Hall–Kier alpha value is -2.50. The largest absolute Gasteiger partial charge is 0.273 e. The SMILES string of the molecule is Cc1ccc(C(=O)n2ccnc2)cc1[N+](=O)[O-]. The standard InChI is InChI=1S/C11H9N3O3/c1-8-2-3-9(6-10(8)14(16)17)11(15)13-5-4-12-7-13/h2-7H,1H3. The minimum Gasteiger partial charge on any atom is -0.272 e. The van der Waals surface area contributed by atoms with Gasteiger partial charge >= 0.3 is 0 Å². The van der Waals surface area contributed by atoms with Crippen molar-refractivity contribution in [3.05, 3.63) is 58.2 Å². The lowest BCUT2D eigenvalue weighted by atomic mass is 10.1. The summed E-state index contributed by atoms with van der Waals surface area (Å²) in [5.74, 6) is -0.342. The van der Waals surface area contributed by atoms with Crippen LogP contribution >= 0.6 is 0 Å². The summed E-state index contributed by atoms with van der Waals surface area (Å²) in [6.45, 7) is 1.63. The average molecular weight is 231 g/mol. The molecule has 6 heteroatoms. The van der Waals surface area contributed by atoms with Gasteiger partial charge < -0.3 is 0 Å². The van der Waals surface area contributed by atoms with Gasteiger partial charge in [-0.25, -0.2) is 4.98 Å². The van der Waals surface area contributed by atoms with Crippen molar-refractivity contribution >= 4 is 11.6 Å². The minimum absolute atomic E-state index is 0.0593. The number of nitro benzene ring substituents is 1. The predicted molar refractivity (Wildman–Crippen MR) is 59.8 cm³/mol. The molecule has 2 rings (SSSR count). The summed E-state index contributed by atoms with van der Waals surface area (Å²) in [7, 11) is 0. The predicted octanol–water partition coefficient (Wildman–Crippen LogP) is 1.79. The molecule has 86 valence electrons. The molecule has 1 aromatic carbocycles. The maximum absolute atomic E-state index is 11.9. The Morgan fingerprint density at radius 2 is 2.24 bits per heavy atom. The van der Waals surface area contributed by atoms with E-state index < -0.39 is 4.92 Å². The highest BCUT2D eigenvalue weighted by Gasteiger charge is 2.15. The second kappa shape index (κ2) is 4.17. The zero-order chi connectivity index (χ0) is 12.4. The van der Waals surface area contributed by atoms with E-state index in [1.54, 1.807) is 19.1 Å². The zero-order valence-electron chi connectivity index (χ0n) is 9.03. The molecule has 0 bridgehead atoms. The lowest BCUT2D eigenvalue weighted by Crippen LogP contribution is -2.10. The third-order valence-corrected chi connectivity index (χ3v) is 2.39. The Labute approximate surface area is 96.7 Å². The Balaban J connectivity index is 2.44. The fraction of sp³-hybridized carbons (Fsp3) is 0.0909. The number of imidazole rings is 1. The smallest absolute Gasteiger partial charge is 0.272 e. The van der Waals surface area contributed by atoms with E-state index in [4.69, 9.17) is 0 Å². The van der Waals surface area contributed by atoms with E-state index in [-0.39, 0.29) is 17.2 Å². The molecule has 2 aromatic rings. The number of carbonyl (C=O) groups is 1. The van der Waals surface area contributed by atoms with Crippen LogP contribution in [0.3, 0.4) is 0 Å². The highest BCUT2D eigenvalue weighted by atomic mass is 16.6. The summed E-state index contributed by atoms with van der Waals surface area (Å²) in [6, 6.07) is 4.39. The maximum Gasteiger partial charge on any atom is 0.273 e. The number of aromatic nitrogens is 2. The number of aryl methyl sites for hydroxylation is 1. The van der Waals surface area contributed by atoms with Gasteiger partial charge in [-0.15, -0.1) is 0 Å². The molecule has 0 spiro atoms. The summed E-state index contributed by atoms with van der Waals surface area (Å²) in [4.78, 5) is 25.9. The molecule has 0 N–H and O–H groups in total. The molecule has 17 heavy (non-hydrogen) atoms. The number of nitrogens with zero attached hydrogens (tertiary/aromatic N) is 3. The van der Waals surface area contributed by atoms with E-state index >= 15 is 0 Å². The topological polar surface area (TPSA) is 78.0 Å². The van der Waals surface area contributed by atoms with Crippen molar-refractivity contribution in [1.29, 1.82) is 0 Å². The number of nitro groups is 1. The zero-order valence-corrected chi connectivity index (χ0v) is 9.03. The first-order valence-electron chi connectivity index (χ1n) is 4.87. The van der Waals surface area contributed by atoms with Gasteiger partial charge in [0.25, 0.3) is 11.6 Å². The molecule has 0 saturated carbocycles. The first-order valence-corrected chi connectivity index (χ1v) is 4.87. The van der Waals surface area contributed by atoms with Crippen molar-refractivity contribution in [2.24, 2.45) is 0 Å². The van der Waals surface area contributed by atoms with Gasteiger partial charge in [-0.2, -0.15) is 0 Å². The molecular weight excluding hydrogens is 222 g/mol. The maximum atomic E-state index is 11.9. The second-order valence-corrected chi connectivity index (χ2v) is 3.53. The van der Waals surface area contributed by atoms with Crippen molar-refractivity contribution in [2.75, 3.05) is 0 Å². The molecule has 0 amide bonds. The lowest BCUT2D eigenvalue weighted by Gasteiger charge is -2.02. The summed E-state index contributed by atoms with van der Waals surface area (Å²) >= 11 is 0. The number of hydrogen-bond donors (Lipinski definition) is 0. The number of hydrogen-bond acceptors (Lipinski definition) is 4. The molecule has 6 nitrogen and oxygen atoms in total. The molecule has 0 saturated heterocycles. The van der Waals surface area contributed by atoms with E-state index in [9.17, 15) is 14.9 Å². The summed E-state index contributed by atoms with van der Waals surface area (Å²) in [5.41, 5.74) is 0.730. The Kier molecular flexibility index (Phi) is 2.70. The lowest BCUT2D eigenvalue weighted by molar-refractivity contribution is -0.385. The average Bonchev–Trinajstić information content (AvgIpc) is 2.81. The summed E-state index contributed by atoms with van der Waals surface area (Å²) in [6.07, 6.45) is 4.32. The normalized spacial score (nSPS) is 10.2. The third kappa shape index (κ3) is 2.05. The van der Waals surface area contributed by atoms with Crippen molar-refractivity contribution in [3.63, 3.8) is 0 Å². The van der Waals surface area contributed by atoms with Gasteiger partial charge in [0, 0.05) is 29.6 Å². The van der Waals surface area contributed by atoms with Gasteiger partial charge in [-0.05, 0) is 13.0 Å². The van der Waals surface area contributed by atoms with Crippen LogP contribution in [0.2, 0.25) is 0 Å². The molecule has 0 fully saturated rings. The molecule has 1 aromatic heterocycles. The van der Waals surface area contributed by atoms with E-state index in [2.05, 4.69) is 4.98 Å². The molecule has 0 atom stereocenters. The first-order chi connectivity index (χ1) is 8.09. The Morgan fingerprint density at radius 3 is 2.82 bits per heavy atom. The van der Waals surface area contributed by atoms with Gasteiger partial charge in [-0.1, -0.05) is 6.07 Å². The molecule has 0 aliphatic carbocycles. The van der Waals surface area contributed by atoms with Crippen LogP contribution in [0.5, 0.6) is 0 Å². The fourth-order valence-corrected chi connectivity index (χ4v) is 1.47. The van der Waals surface area contributed by atoms with Gasteiger partial charge in [0.15, 0.2) is 0 Å². The Morgan fingerprint density at radius 1 is 1.47 bits per heavy atom. The molecule has 0 unspecified atom stereocenters. The molecule has 0 aliphatic rings. The summed E-state index contributed by atoms with van der Waals surface area (Å²) in [5, 5.41) is 10.8. The molecule has 0 aliphatic heterocycles. The van der Waals surface area contributed by atoms with Crippen LogP contribution in [-0.2, 0) is 0 Å². The van der Waals surface area contributed by atoms with E-state index in [1.165, 1.54) is 29.4 Å². The van der Waals surface area contributed by atoms with Crippen molar-refractivity contribution in [3.8, 4) is 0 Å². The van der Waals surface area contributed by atoms with Gasteiger partial charge in [0.05, 0.1) is 4.92 Å². The van der Waals surface area contributed by atoms with Crippen molar-refractivity contribution in [2.45, 2.75) is 6.92 Å². The number of rotatable bonds is 2. The van der Waals surface area contributed by atoms with Crippen LogP contribution in [0.15, 0.2) is 36.9 Å².